The summed E-state index contributed by atoms with van der Waals surface area (Å²) in [5.41, 5.74) is 0. The minimum Gasteiger partial charge on any atom is -0.485 e. The number of ether oxygens (including phenoxy) is 1. The molecule has 9 heavy (non-hydrogen) atoms. The van der Waals surface area contributed by atoms with E-state index < -0.39 is 0 Å². The Morgan fingerprint density at radius 1 is 1.56 bits per heavy atom. The Hall–Kier alpha value is -1.06. The molecule has 0 N–H and O–H groups in total. The standard InChI is InChI=1S/C5H11N3O/c1-6-4-8(2)7-5-9-3/h4-5H,1-3H3/b6-4?,7-5+. The predicted molar refractivity (Wildman–Crippen MR) is 37.7 cm³/mol. The average Bonchev–Trinajstić information content (AvgIpc) is 1.85. The molecule has 0 aliphatic heterocycles. The van der Waals surface area contributed by atoms with Crippen LogP contribution in [0.15, 0.2) is 10.1 Å². The van der Waals surface area contributed by atoms with Gasteiger partial charge in [0.15, 0.2) is 6.40 Å². The van der Waals surface area contributed by atoms with Gasteiger partial charge in [0.1, 0.15) is 6.34 Å². The fourth-order valence-electron chi connectivity index (χ4n) is 0.318. The van der Waals surface area contributed by atoms with Gasteiger partial charge in [-0.15, -0.1) is 5.10 Å². The smallest absolute Gasteiger partial charge is 0.192 e. The summed E-state index contributed by atoms with van der Waals surface area (Å²) in [5.74, 6) is 0. The zero-order valence-corrected chi connectivity index (χ0v) is 5.90. The molecule has 0 saturated heterocycles. The number of aliphatic imine (C=N–C) groups is 1. The van der Waals surface area contributed by atoms with E-state index in [0.29, 0.717) is 0 Å². The van der Waals surface area contributed by atoms with Crippen LogP contribution >= 0.6 is 0 Å². The van der Waals surface area contributed by atoms with Crippen molar-refractivity contribution in [1.29, 1.82) is 0 Å². The summed E-state index contributed by atoms with van der Waals surface area (Å²) in [6.07, 6.45) is 2.91. The van der Waals surface area contributed by atoms with Gasteiger partial charge in [-0.05, 0) is 0 Å². The van der Waals surface area contributed by atoms with Crippen molar-refractivity contribution >= 4 is 12.7 Å². The Morgan fingerprint density at radius 2 is 2.22 bits per heavy atom. The van der Waals surface area contributed by atoms with Gasteiger partial charge in [-0.1, -0.05) is 0 Å². The Kier molecular flexibility index (Phi) is 4.49. The van der Waals surface area contributed by atoms with E-state index in [1.54, 1.807) is 32.6 Å². The minimum atomic E-state index is 1.34. The van der Waals surface area contributed by atoms with E-state index in [-0.39, 0.29) is 0 Å². The molecule has 4 heteroatoms. The van der Waals surface area contributed by atoms with Crippen LogP contribution in [0.3, 0.4) is 0 Å². The van der Waals surface area contributed by atoms with E-state index in [1.807, 2.05) is 0 Å². The van der Waals surface area contributed by atoms with Crippen LogP contribution in [-0.4, -0.2) is 39.0 Å². The van der Waals surface area contributed by atoms with Crippen molar-refractivity contribution < 1.29 is 4.74 Å². The topological polar surface area (TPSA) is 37.2 Å². The summed E-state index contributed by atoms with van der Waals surface area (Å²) in [6, 6.07) is 0. The number of nitrogens with zero attached hydrogens (tertiary/aromatic N) is 3. The van der Waals surface area contributed by atoms with Gasteiger partial charge in [0.05, 0.1) is 7.11 Å². The van der Waals surface area contributed by atoms with Crippen LogP contribution in [0, 0.1) is 0 Å². The van der Waals surface area contributed by atoms with Crippen molar-refractivity contribution in [3.63, 3.8) is 0 Å². The number of rotatable bonds is 3. The molecule has 0 aliphatic rings. The molecule has 52 valence electrons. The molecular weight excluding hydrogens is 118 g/mol. The molecule has 0 rings (SSSR count). The number of hydrogen-bond acceptors (Lipinski definition) is 3. The van der Waals surface area contributed by atoms with Crippen molar-refractivity contribution in [1.82, 2.24) is 5.01 Å². The van der Waals surface area contributed by atoms with Crippen molar-refractivity contribution in [3.05, 3.63) is 0 Å². The first-order chi connectivity index (χ1) is 4.31. The monoisotopic (exact) mass is 129 g/mol. The molecule has 0 fully saturated rings. The van der Waals surface area contributed by atoms with Crippen molar-refractivity contribution in [2.45, 2.75) is 0 Å². The van der Waals surface area contributed by atoms with E-state index in [0.717, 1.165) is 0 Å². The summed E-state index contributed by atoms with van der Waals surface area (Å²) in [7, 11) is 4.99. The Bertz CT molecular complexity index is 111. The average molecular weight is 129 g/mol. The molecule has 0 bridgehead atoms. The van der Waals surface area contributed by atoms with Gasteiger partial charge in [0.2, 0.25) is 0 Å². The summed E-state index contributed by atoms with van der Waals surface area (Å²) in [6.45, 7) is 0. The van der Waals surface area contributed by atoms with Crippen LogP contribution in [0.5, 0.6) is 0 Å². The third-order valence-electron chi connectivity index (χ3n) is 0.617. The molecule has 4 nitrogen and oxygen atoms in total. The molecule has 0 aromatic heterocycles. The first-order valence-electron chi connectivity index (χ1n) is 2.51. The fourth-order valence-corrected chi connectivity index (χ4v) is 0.318. The maximum atomic E-state index is 4.56. The van der Waals surface area contributed by atoms with Gasteiger partial charge in [-0.3, -0.25) is 10.0 Å². The van der Waals surface area contributed by atoms with Crippen molar-refractivity contribution in [2.24, 2.45) is 10.1 Å². The minimum absolute atomic E-state index is 1.34. The number of hydrogen-bond donors (Lipinski definition) is 0. The molecule has 0 aromatic carbocycles. The van der Waals surface area contributed by atoms with Crippen LogP contribution in [-0.2, 0) is 4.74 Å². The van der Waals surface area contributed by atoms with E-state index in [4.69, 9.17) is 0 Å². The highest BCUT2D eigenvalue weighted by molar-refractivity contribution is 5.56. The molecule has 0 unspecified atom stereocenters. The lowest BCUT2D eigenvalue weighted by Gasteiger charge is -2.01. The number of hydrazone groups is 1. The highest BCUT2D eigenvalue weighted by Gasteiger charge is 1.78. The first-order valence-corrected chi connectivity index (χ1v) is 2.51. The molecule has 0 aromatic rings. The van der Waals surface area contributed by atoms with E-state index in [2.05, 4.69) is 14.8 Å². The second-order valence-electron chi connectivity index (χ2n) is 1.40. The molecule has 0 aliphatic carbocycles. The highest BCUT2D eigenvalue weighted by atomic mass is 16.5. The van der Waals surface area contributed by atoms with Gasteiger partial charge in [-0.25, -0.2) is 0 Å². The van der Waals surface area contributed by atoms with Gasteiger partial charge < -0.3 is 4.74 Å². The second-order valence-corrected chi connectivity index (χ2v) is 1.40. The van der Waals surface area contributed by atoms with Gasteiger partial charge in [-0.2, -0.15) is 0 Å². The van der Waals surface area contributed by atoms with Gasteiger partial charge in [0, 0.05) is 14.1 Å². The van der Waals surface area contributed by atoms with Crippen molar-refractivity contribution in [3.8, 4) is 0 Å². The normalized spacial score (nSPS) is 11.0. The molecule has 0 amide bonds. The fraction of sp³-hybridized carbons (Fsp3) is 0.600. The summed E-state index contributed by atoms with van der Waals surface area (Å²) in [4.78, 5) is 3.72. The molecular formula is C5H11N3O. The summed E-state index contributed by atoms with van der Waals surface area (Å²) >= 11 is 0. The zero-order chi connectivity index (χ0) is 7.11. The van der Waals surface area contributed by atoms with Gasteiger partial charge >= 0.3 is 0 Å². The molecule has 0 spiro atoms. The lowest BCUT2D eigenvalue weighted by atomic mass is 11.1. The lowest BCUT2D eigenvalue weighted by molar-refractivity contribution is 0.405. The first kappa shape index (κ1) is 7.94. The Morgan fingerprint density at radius 3 is 2.67 bits per heavy atom. The second kappa shape index (κ2) is 5.08. The summed E-state index contributed by atoms with van der Waals surface area (Å²) < 4.78 is 4.56. The molecule has 0 saturated carbocycles. The third kappa shape index (κ3) is 4.80. The maximum Gasteiger partial charge on any atom is 0.192 e. The van der Waals surface area contributed by atoms with Crippen molar-refractivity contribution in [2.75, 3.05) is 21.2 Å². The number of methoxy groups -OCH3 is 1. The highest BCUT2D eigenvalue weighted by Crippen LogP contribution is 1.74. The van der Waals surface area contributed by atoms with Crippen LogP contribution in [0.1, 0.15) is 0 Å². The molecule has 0 atom stereocenters. The predicted octanol–water partition coefficient (Wildman–Crippen LogP) is 0.166. The van der Waals surface area contributed by atoms with Gasteiger partial charge in [0.25, 0.3) is 0 Å². The zero-order valence-electron chi connectivity index (χ0n) is 5.90. The Balaban J connectivity index is 3.48. The molecule has 0 heterocycles. The van der Waals surface area contributed by atoms with E-state index >= 15 is 0 Å². The van der Waals surface area contributed by atoms with E-state index in [9.17, 15) is 0 Å². The maximum absolute atomic E-state index is 4.56. The Labute approximate surface area is 54.8 Å². The van der Waals surface area contributed by atoms with Crippen LogP contribution < -0.4 is 0 Å². The SMILES string of the molecule is CN=CN(C)/N=C/OC. The third-order valence-corrected chi connectivity index (χ3v) is 0.617. The van der Waals surface area contributed by atoms with Crippen LogP contribution in [0.25, 0.3) is 0 Å². The summed E-state index contributed by atoms with van der Waals surface area (Å²) in [5, 5.41) is 5.31. The van der Waals surface area contributed by atoms with Crippen LogP contribution in [0.2, 0.25) is 0 Å². The molecule has 0 radical (unpaired) electrons. The lowest BCUT2D eigenvalue weighted by Crippen LogP contribution is -2.07. The van der Waals surface area contributed by atoms with Crippen LogP contribution in [0.4, 0.5) is 0 Å². The van der Waals surface area contributed by atoms with E-state index in [1.165, 1.54) is 6.40 Å². The quantitative estimate of drug-likeness (QED) is 0.309. The largest absolute Gasteiger partial charge is 0.485 e.